The van der Waals surface area contributed by atoms with E-state index in [0.29, 0.717) is 16.7 Å². The van der Waals surface area contributed by atoms with E-state index < -0.39 is 0 Å². The topological polar surface area (TPSA) is 37.7 Å². The summed E-state index contributed by atoms with van der Waals surface area (Å²) in [5.74, 6) is 0.858. The number of aryl methyl sites for hydroxylation is 2. The van der Waals surface area contributed by atoms with Gasteiger partial charge < -0.3 is 20.3 Å². The summed E-state index contributed by atoms with van der Waals surface area (Å²) in [4.78, 5) is 1.30. The lowest BCUT2D eigenvalue weighted by molar-refractivity contribution is -0.890. The zero-order valence-corrected chi connectivity index (χ0v) is 17.5. The quantitative estimate of drug-likeness (QED) is 0.660. The van der Waals surface area contributed by atoms with E-state index in [-0.39, 0.29) is 6.04 Å². The van der Waals surface area contributed by atoms with Gasteiger partial charge in [0.05, 0.1) is 38.5 Å². The molecule has 0 spiro atoms. The molecule has 0 fully saturated rings. The standard InChI is InChI=1S/C20H26ClN3OS/c1-13-9-14(2)19(17(21)10-13)23-20(26)22-12-18(24(3)4)15-7-6-8-16(11-15)25-5/h6-11,18H,12H2,1-5H3,(H2,22,23,26)/p+1/t18-/m1/s1. The van der Waals surface area contributed by atoms with Crippen molar-refractivity contribution in [1.82, 2.24) is 5.32 Å². The molecule has 0 radical (unpaired) electrons. The number of quaternary nitrogens is 1. The van der Waals surface area contributed by atoms with Crippen molar-refractivity contribution in [3.63, 3.8) is 0 Å². The second kappa shape index (κ2) is 9.21. The highest BCUT2D eigenvalue weighted by Crippen LogP contribution is 2.27. The number of rotatable bonds is 6. The molecule has 0 unspecified atom stereocenters. The van der Waals surface area contributed by atoms with Gasteiger partial charge in [-0.15, -0.1) is 0 Å². The van der Waals surface area contributed by atoms with E-state index >= 15 is 0 Å². The maximum atomic E-state index is 6.35. The van der Waals surface area contributed by atoms with Gasteiger partial charge >= 0.3 is 0 Å². The summed E-state index contributed by atoms with van der Waals surface area (Å²) >= 11 is 11.8. The molecule has 0 heterocycles. The highest BCUT2D eigenvalue weighted by atomic mass is 35.5. The van der Waals surface area contributed by atoms with Crippen molar-refractivity contribution in [2.45, 2.75) is 19.9 Å². The number of nitrogens with one attached hydrogen (secondary N) is 3. The summed E-state index contributed by atoms with van der Waals surface area (Å²) in [5.41, 5.74) is 4.25. The fraction of sp³-hybridized carbons (Fsp3) is 0.350. The average molecular weight is 393 g/mol. The first-order chi connectivity index (χ1) is 12.3. The Morgan fingerprint density at radius 1 is 1.23 bits per heavy atom. The Bertz CT molecular complexity index is 756. The van der Waals surface area contributed by atoms with E-state index in [1.165, 1.54) is 10.5 Å². The van der Waals surface area contributed by atoms with Gasteiger partial charge in [0.25, 0.3) is 0 Å². The lowest BCUT2D eigenvalue weighted by atomic mass is 10.1. The SMILES string of the molecule is COc1cccc([C@@H](CNC(=S)Nc2c(C)cc(C)cc2Cl)[NH+](C)C)c1. The van der Waals surface area contributed by atoms with Gasteiger partial charge in [0.15, 0.2) is 5.11 Å². The first-order valence-corrected chi connectivity index (χ1v) is 9.36. The van der Waals surface area contributed by atoms with E-state index in [1.54, 1.807) is 7.11 Å². The Labute approximate surface area is 166 Å². The Kier molecular flexibility index (Phi) is 7.26. The molecule has 2 rings (SSSR count). The minimum atomic E-state index is 0.236. The Balaban J connectivity index is 2.06. The number of ether oxygens (including phenoxy) is 1. The number of hydrogen-bond donors (Lipinski definition) is 3. The summed E-state index contributed by atoms with van der Waals surface area (Å²) in [6, 6.07) is 12.4. The molecule has 1 atom stereocenters. The molecular weight excluding hydrogens is 366 g/mol. The van der Waals surface area contributed by atoms with Crippen molar-refractivity contribution in [3.8, 4) is 5.75 Å². The summed E-state index contributed by atoms with van der Waals surface area (Å²) in [5, 5.41) is 7.78. The second-order valence-electron chi connectivity index (χ2n) is 6.68. The van der Waals surface area contributed by atoms with Crippen LogP contribution < -0.4 is 20.3 Å². The van der Waals surface area contributed by atoms with Gasteiger partial charge in [-0.05, 0) is 55.4 Å². The number of likely N-dealkylation sites (N-methyl/N-ethyl adjacent to an activating group) is 1. The summed E-state index contributed by atoms with van der Waals surface area (Å²) < 4.78 is 5.34. The molecule has 0 aliphatic rings. The van der Waals surface area contributed by atoms with Crippen LogP contribution in [0, 0.1) is 13.8 Å². The molecule has 3 N–H and O–H groups in total. The third-order valence-corrected chi connectivity index (χ3v) is 4.87. The Hall–Kier alpha value is -1.82. The van der Waals surface area contributed by atoms with E-state index in [9.17, 15) is 0 Å². The Morgan fingerprint density at radius 3 is 2.58 bits per heavy atom. The van der Waals surface area contributed by atoms with E-state index in [2.05, 4.69) is 42.9 Å². The van der Waals surface area contributed by atoms with Crippen LogP contribution in [-0.2, 0) is 0 Å². The summed E-state index contributed by atoms with van der Waals surface area (Å²) in [7, 11) is 5.94. The van der Waals surface area contributed by atoms with Gasteiger partial charge in [-0.25, -0.2) is 0 Å². The van der Waals surface area contributed by atoms with Gasteiger partial charge in [0.1, 0.15) is 11.8 Å². The zero-order valence-electron chi connectivity index (χ0n) is 15.9. The number of thiocarbonyl (C=S) groups is 1. The van der Waals surface area contributed by atoms with Gasteiger partial charge in [-0.3, -0.25) is 0 Å². The van der Waals surface area contributed by atoms with Crippen molar-refractivity contribution in [3.05, 3.63) is 58.1 Å². The van der Waals surface area contributed by atoms with Crippen molar-refractivity contribution in [2.24, 2.45) is 0 Å². The smallest absolute Gasteiger partial charge is 0.171 e. The van der Waals surface area contributed by atoms with Crippen LogP contribution >= 0.6 is 23.8 Å². The van der Waals surface area contributed by atoms with E-state index in [1.807, 2.05) is 32.0 Å². The maximum absolute atomic E-state index is 6.35. The number of hydrogen-bond acceptors (Lipinski definition) is 2. The van der Waals surface area contributed by atoms with E-state index in [4.69, 9.17) is 28.6 Å². The number of anilines is 1. The lowest BCUT2D eigenvalue weighted by Gasteiger charge is -2.23. The molecule has 140 valence electrons. The van der Waals surface area contributed by atoms with Crippen LogP contribution in [0.3, 0.4) is 0 Å². The van der Waals surface area contributed by atoms with Gasteiger partial charge in [-0.1, -0.05) is 29.8 Å². The van der Waals surface area contributed by atoms with Crippen molar-refractivity contribution in [2.75, 3.05) is 33.1 Å². The van der Waals surface area contributed by atoms with Crippen molar-refractivity contribution < 1.29 is 9.64 Å². The maximum Gasteiger partial charge on any atom is 0.171 e. The zero-order chi connectivity index (χ0) is 19.3. The molecule has 0 saturated carbocycles. The molecule has 2 aromatic rings. The third-order valence-electron chi connectivity index (χ3n) is 4.33. The minimum absolute atomic E-state index is 0.236. The monoisotopic (exact) mass is 392 g/mol. The van der Waals surface area contributed by atoms with Crippen molar-refractivity contribution >= 4 is 34.6 Å². The largest absolute Gasteiger partial charge is 0.497 e. The third kappa shape index (κ3) is 5.34. The Morgan fingerprint density at radius 2 is 1.96 bits per heavy atom. The minimum Gasteiger partial charge on any atom is -0.497 e. The molecule has 2 aromatic carbocycles. The van der Waals surface area contributed by atoms with Crippen molar-refractivity contribution in [1.29, 1.82) is 0 Å². The van der Waals surface area contributed by atoms with Crippen LogP contribution in [0.15, 0.2) is 36.4 Å². The van der Waals surface area contributed by atoms with Gasteiger partial charge in [0, 0.05) is 5.56 Å². The summed E-state index contributed by atoms with van der Waals surface area (Å²) in [6.45, 7) is 4.74. The normalized spacial score (nSPS) is 12.0. The molecule has 0 amide bonds. The molecular formula is C20H27ClN3OS+. The first kappa shape index (κ1) is 20.5. The van der Waals surface area contributed by atoms with E-state index in [0.717, 1.165) is 22.6 Å². The summed E-state index contributed by atoms with van der Waals surface area (Å²) in [6.07, 6.45) is 0. The molecule has 4 nitrogen and oxygen atoms in total. The van der Waals surface area contributed by atoms with Gasteiger partial charge in [-0.2, -0.15) is 0 Å². The highest BCUT2D eigenvalue weighted by Gasteiger charge is 2.19. The average Bonchev–Trinajstić information content (AvgIpc) is 2.58. The highest BCUT2D eigenvalue weighted by molar-refractivity contribution is 7.80. The molecule has 0 aliphatic heterocycles. The van der Waals surface area contributed by atoms with Crippen LogP contribution in [0.2, 0.25) is 5.02 Å². The van der Waals surface area contributed by atoms with Crippen LogP contribution in [0.25, 0.3) is 0 Å². The predicted molar refractivity (Wildman–Crippen MR) is 114 cm³/mol. The number of methoxy groups -OCH3 is 1. The van der Waals surface area contributed by atoms with Crippen LogP contribution in [0.4, 0.5) is 5.69 Å². The van der Waals surface area contributed by atoms with Crippen LogP contribution in [0.5, 0.6) is 5.75 Å². The van der Waals surface area contributed by atoms with Gasteiger partial charge in [0.2, 0.25) is 0 Å². The molecule has 0 aliphatic carbocycles. The predicted octanol–water partition coefficient (Wildman–Crippen LogP) is 3.14. The lowest BCUT2D eigenvalue weighted by Crippen LogP contribution is -3.07. The number of benzene rings is 2. The van der Waals surface area contributed by atoms with Crippen LogP contribution in [0.1, 0.15) is 22.7 Å². The molecule has 0 aromatic heterocycles. The number of halogens is 1. The second-order valence-corrected chi connectivity index (χ2v) is 7.50. The fourth-order valence-electron chi connectivity index (χ4n) is 2.94. The molecule has 26 heavy (non-hydrogen) atoms. The fourth-order valence-corrected chi connectivity index (χ4v) is 3.49. The van der Waals surface area contributed by atoms with Crippen LogP contribution in [-0.4, -0.2) is 32.9 Å². The molecule has 0 bridgehead atoms. The first-order valence-electron chi connectivity index (χ1n) is 8.57. The molecule has 6 heteroatoms. The molecule has 0 saturated heterocycles.